The molecule has 1 heterocycles. The lowest BCUT2D eigenvalue weighted by Crippen LogP contribution is -2.42. The average molecular weight is 314 g/mol. The average Bonchev–Trinajstić information content (AvgIpc) is 2.74. The summed E-state index contributed by atoms with van der Waals surface area (Å²) in [5, 5.41) is 0. The zero-order chi connectivity index (χ0) is 13.3. The molecule has 2 atom stereocenters. The summed E-state index contributed by atoms with van der Waals surface area (Å²) in [6, 6.07) is 5.54. The van der Waals surface area contributed by atoms with E-state index in [1.165, 1.54) is 0 Å². The Morgan fingerprint density at radius 2 is 2.33 bits per heavy atom. The van der Waals surface area contributed by atoms with Gasteiger partial charge in [-0.05, 0) is 47.0 Å². The predicted octanol–water partition coefficient (Wildman–Crippen LogP) is 3.06. The maximum Gasteiger partial charge on any atom is 0.192 e. The van der Waals surface area contributed by atoms with Crippen LogP contribution in [0.15, 0.2) is 27.7 Å². The van der Waals surface area contributed by atoms with E-state index in [9.17, 15) is 4.39 Å². The fraction of sp³-hybridized carbons (Fsp3) is 0.462. The zero-order valence-electron chi connectivity index (χ0n) is 10.5. The number of halogens is 2. The molecular formula is C13H17BrFN3. The minimum atomic E-state index is -0.248. The summed E-state index contributed by atoms with van der Waals surface area (Å²) in [5.41, 5.74) is 6.84. The van der Waals surface area contributed by atoms with Gasteiger partial charge in [0.25, 0.3) is 0 Å². The van der Waals surface area contributed by atoms with E-state index in [2.05, 4.69) is 39.7 Å². The van der Waals surface area contributed by atoms with Gasteiger partial charge in [-0.1, -0.05) is 13.0 Å². The van der Waals surface area contributed by atoms with Crippen molar-refractivity contribution in [3.05, 3.63) is 34.1 Å². The first kappa shape index (κ1) is 13.3. The Bertz CT molecular complexity index is 475. The van der Waals surface area contributed by atoms with Crippen molar-refractivity contribution in [2.75, 3.05) is 6.54 Å². The molecule has 0 radical (unpaired) electrons. The second-order valence-electron chi connectivity index (χ2n) is 4.55. The van der Waals surface area contributed by atoms with Gasteiger partial charge >= 0.3 is 0 Å². The third kappa shape index (κ3) is 2.36. The monoisotopic (exact) mass is 313 g/mol. The first-order chi connectivity index (χ1) is 8.54. The van der Waals surface area contributed by atoms with Crippen molar-refractivity contribution in [1.82, 2.24) is 4.90 Å². The van der Waals surface area contributed by atoms with Crippen molar-refractivity contribution >= 4 is 21.9 Å². The van der Waals surface area contributed by atoms with Crippen LogP contribution in [0.1, 0.15) is 31.9 Å². The zero-order valence-corrected chi connectivity index (χ0v) is 12.1. The first-order valence-corrected chi connectivity index (χ1v) is 6.87. The van der Waals surface area contributed by atoms with E-state index < -0.39 is 0 Å². The molecule has 2 rings (SSSR count). The van der Waals surface area contributed by atoms with Gasteiger partial charge in [-0.3, -0.25) is 4.99 Å². The van der Waals surface area contributed by atoms with Crippen molar-refractivity contribution in [3.8, 4) is 0 Å². The van der Waals surface area contributed by atoms with Gasteiger partial charge in [0.15, 0.2) is 5.96 Å². The highest BCUT2D eigenvalue weighted by molar-refractivity contribution is 9.10. The van der Waals surface area contributed by atoms with E-state index in [-0.39, 0.29) is 11.9 Å². The minimum Gasteiger partial charge on any atom is -0.370 e. The summed E-state index contributed by atoms with van der Waals surface area (Å²) in [5.74, 6) is 0.305. The van der Waals surface area contributed by atoms with Crippen LogP contribution in [0.25, 0.3) is 0 Å². The van der Waals surface area contributed by atoms with Crippen molar-refractivity contribution in [2.45, 2.75) is 32.4 Å². The van der Waals surface area contributed by atoms with Crippen LogP contribution < -0.4 is 5.73 Å². The molecule has 0 aromatic heterocycles. The Kier molecular flexibility index (Phi) is 3.90. The topological polar surface area (TPSA) is 41.6 Å². The Morgan fingerprint density at radius 1 is 1.61 bits per heavy atom. The van der Waals surface area contributed by atoms with Crippen molar-refractivity contribution in [1.29, 1.82) is 0 Å². The molecule has 2 N–H and O–H groups in total. The van der Waals surface area contributed by atoms with Crippen LogP contribution in [-0.2, 0) is 0 Å². The van der Waals surface area contributed by atoms with E-state index >= 15 is 0 Å². The summed E-state index contributed by atoms with van der Waals surface area (Å²) in [6.07, 6.45) is 0.978. The third-order valence-electron chi connectivity index (χ3n) is 3.42. The summed E-state index contributed by atoms with van der Waals surface area (Å²) in [7, 11) is 0. The summed E-state index contributed by atoms with van der Waals surface area (Å²) >= 11 is 3.17. The Morgan fingerprint density at radius 3 is 2.94 bits per heavy atom. The molecule has 1 aromatic rings. The fourth-order valence-corrected chi connectivity index (χ4v) is 2.47. The van der Waals surface area contributed by atoms with Crippen LogP contribution in [0.5, 0.6) is 0 Å². The number of benzene rings is 1. The molecule has 0 saturated carbocycles. The molecule has 0 aliphatic carbocycles. The molecule has 1 aliphatic rings. The van der Waals surface area contributed by atoms with E-state index in [0.717, 1.165) is 12.0 Å². The molecule has 0 amide bonds. The van der Waals surface area contributed by atoms with Gasteiger partial charge in [-0.25, -0.2) is 4.39 Å². The van der Waals surface area contributed by atoms with Crippen LogP contribution in [-0.4, -0.2) is 23.4 Å². The number of rotatable bonds is 3. The van der Waals surface area contributed by atoms with Crippen molar-refractivity contribution in [2.24, 2.45) is 10.7 Å². The molecule has 1 aliphatic heterocycles. The van der Waals surface area contributed by atoms with Gasteiger partial charge in [0.2, 0.25) is 0 Å². The molecule has 1 aromatic carbocycles. The number of hydrogen-bond donors (Lipinski definition) is 1. The van der Waals surface area contributed by atoms with Crippen molar-refractivity contribution in [3.63, 3.8) is 0 Å². The number of nitrogens with zero attached hydrogens (tertiary/aromatic N) is 2. The highest BCUT2D eigenvalue weighted by Gasteiger charge is 2.30. The molecule has 0 saturated heterocycles. The lowest BCUT2D eigenvalue weighted by molar-refractivity contribution is 0.268. The SMILES string of the molecule is CCC(C)N1C(N)=NCC1c1ccc(Br)c(F)c1. The van der Waals surface area contributed by atoms with E-state index in [1.807, 2.05) is 6.07 Å². The molecule has 0 fully saturated rings. The number of guanidine groups is 1. The smallest absolute Gasteiger partial charge is 0.192 e. The molecule has 18 heavy (non-hydrogen) atoms. The van der Waals surface area contributed by atoms with Gasteiger partial charge in [0.05, 0.1) is 17.1 Å². The third-order valence-corrected chi connectivity index (χ3v) is 4.06. The van der Waals surface area contributed by atoms with Crippen LogP contribution in [0.3, 0.4) is 0 Å². The Hall–Kier alpha value is -1.10. The molecule has 5 heteroatoms. The number of aliphatic imine (C=N–C) groups is 1. The molecule has 98 valence electrons. The van der Waals surface area contributed by atoms with Gasteiger partial charge in [-0.2, -0.15) is 0 Å². The van der Waals surface area contributed by atoms with Gasteiger partial charge in [0, 0.05) is 6.04 Å². The normalized spacial score (nSPS) is 21.0. The van der Waals surface area contributed by atoms with Crippen LogP contribution in [0.4, 0.5) is 4.39 Å². The van der Waals surface area contributed by atoms with E-state index in [1.54, 1.807) is 12.1 Å². The van der Waals surface area contributed by atoms with Crippen LogP contribution in [0.2, 0.25) is 0 Å². The van der Waals surface area contributed by atoms with Gasteiger partial charge in [-0.15, -0.1) is 0 Å². The standard InChI is InChI=1S/C13H17BrFN3/c1-3-8(2)18-12(7-17-13(18)16)9-4-5-10(14)11(15)6-9/h4-6,8,12H,3,7H2,1-2H3,(H2,16,17). The van der Waals surface area contributed by atoms with Crippen LogP contribution >= 0.6 is 15.9 Å². The Labute approximate surface area is 115 Å². The van der Waals surface area contributed by atoms with Gasteiger partial charge < -0.3 is 10.6 Å². The van der Waals surface area contributed by atoms with Crippen molar-refractivity contribution < 1.29 is 4.39 Å². The lowest BCUT2D eigenvalue weighted by atomic mass is 10.0. The fourth-order valence-electron chi connectivity index (χ4n) is 2.22. The lowest BCUT2D eigenvalue weighted by Gasteiger charge is -2.32. The predicted molar refractivity (Wildman–Crippen MR) is 74.9 cm³/mol. The summed E-state index contributed by atoms with van der Waals surface area (Å²) in [6.45, 7) is 4.81. The van der Waals surface area contributed by atoms with E-state index in [0.29, 0.717) is 23.0 Å². The summed E-state index contributed by atoms with van der Waals surface area (Å²) in [4.78, 5) is 6.35. The Balaban J connectivity index is 2.30. The maximum atomic E-state index is 13.6. The highest BCUT2D eigenvalue weighted by atomic mass is 79.9. The molecular weight excluding hydrogens is 297 g/mol. The molecule has 0 bridgehead atoms. The van der Waals surface area contributed by atoms with Crippen LogP contribution in [0, 0.1) is 5.82 Å². The molecule has 2 unspecified atom stereocenters. The second-order valence-corrected chi connectivity index (χ2v) is 5.41. The maximum absolute atomic E-state index is 13.6. The minimum absolute atomic E-state index is 0.0440. The summed E-state index contributed by atoms with van der Waals surface area (Å²) < 4.78 is 14.1. The number of hydrogen-bond acceptors (Lipinski definition) is 3. The van der Waals surface area contributed by atoms with E-state index in [4.69, 9.17) is 5.73 Å². The highest BCUT2D eigenvalue weighted by Crippen LogP contribution is 2.30. The largest absolute Gasteiger partial charge is 0.370 e. The quantitative estimate of drug-likeness (QED) is 0.931. The van der Waals surface area contributed by atoms with Gasteiger partial charge in [0.1, 0.15) is 5.82 Å². The molecule has 3 nitrogen and oxygen atoms in total. The first-order valence-electron chi connectivity index (χ1n) is 6.07. The number of nitrogens with two attached hydrogens (primary N) is 1. The second kappa shape index (κ2) is 5.26. The molecule has 0 spiro atoms.